The zero-order chi connectivity index (χ0) is 11.9. The Morgan fingerprint density at radius 2 is 2.06 bits per heavy atom. The Balaban J connectivity index is 2.80. The van der Waals surface area contributed by atoms with E-state index in [2.05, 4.69) is 4.98 Å². The van der Waals surface area contributed by atoms with Crippen LogP contribution in [0.15, 0.2) is 23.0 Å². The van der Waals surface area contributed by atoms with Crippen LogP contribution in [0.4, 0.5) is 0 Å². The van der Waals surface area contributed by atoms with E-state index in [1.807, 2.05) is 13.0 Å². The number of hydrogen-bond acceptors (Lipinski definition) is 2. The second-order valence-corrected chi connectivity index (χ2v) is 4.33. The summed E-state index contributed by atoms with van der Waals surface area (Å²) in [5, 5.41) is 10.9. The normalized spacial score (nSPS) is 13.0. The number of aromatic nitrogens is 1. The van der Waals surface area contributed by atoms with E-state index in [-0.39, 0.29) is 5.56 Å². The Morgan fingerprint density at radius 1 is 1.38 bits per heavy atom. The number of aliphatic hydroxyl groups excluding tert-OH is 1. The van der Waals surface area contributed by atoms with Crippen LogP contribution in [-0.2, 0) is 0 Å². The number of aromatic amines is 1. The van der Waals surface area contributed by atoms with Crippen molar-refractivity contribution in [1.82, 2.24) is 4.98 Å². The van der Waals surface area contributed by atoms with Crippen molar-refractivity contribution < 1.29 is 5.11 Å². The van der Waals surface area contributed by atoms with Gasteiger partial charge >= 0.3 is 0 Å². The first kappa shape index (κ1) is 11.2. The standard InChI is InChI=1S/C12H12ClNO2/c1-6-3-11-8(5-10(6)13)4-9(7(2)15)12(16)14-11/h3-5,7,15H,1-2H3,(H,14,16). The lowest BCUT2D eigenvalue weighted by molar-refractivity contribution is 0.198. The Kier molecular flexibility index (Phi) is 2.74. The van der Waals surface area contributed by atoms with Crippen molar-refractivity contribution in [2.24, 2.45) is 0 Å². The molecule has 1 aromatic carbocycles. The predicted octanol–water partition coefficient (Wildman–Crippen LogP) is 2.54. The van der Waals surface area contributed by atoms with Gasteiger partial charge in [-0.25, -0.2) is 0 Å². The molecule has 0 bridgehead atoms. The molecular formula is C12H12ClNO2. The van der Waals surface area contributed by atoms with Crippen molar-refractivity contribution in [3.05, 3.63) is 44.7 Å². The van der Waals surface area contributed by atoms with Crippen molar-refractivity contribution in [2.75, 3.05) is 0 Å². The summed E-state index contributed by atoms with van der Waals surface area (Å²) in [5.41, 5.74) is 1.74. The summed E-state index contributed by atoms with van der Waals surface area (Å²) in [5.74, 6) is 0. The molecule has 1 heterocycles. The van der Waals surface area contributed by atoms with E-state index >= 15 is 0 Å². The molecule has 1 aromatic heterocycles. The van der Waals surface area contributed by atoms with E-state index in [0.29, 0.717) is 10.6 Å². The van der Waals surface area contributed by atoms with E-state index in [1.165, 1.54) is 0 Å². The molecule has 4 heteroatoms. The van der Waals surface area contributed by atoms with Gasteiger partial charge in [0.15, 0.2) is 0 Å². The van der Waals surface area contributed by atoms with Crippen molar-refractivity contribution >= 4 is 22.5 Å². The van der Waals surface area contributed by atoms with Gasteiger partial charge in [-0.2, -0.15) is 0 Å². The monoisotopic (exact) mass is 237 g/mol. The van der Waals surface area contributed by atoms with E-state index in [4.69, 9.17) is 11.6 Å². The number of nitrogens with one attached hydrogen (secondary N) is 1. The number of H-pyrrole nitrogens is 1. The van der Waals surface area contributed by atoms with Crippen molar-refractivity contribution in [1.29, 1.82) is 0 Å². The molecule has 0 amide bonds. The molecular weight excluding hydrogens is 226 g/mol. The van der Waals surface area contributed by atoms with Crippen molar-refractivity contribution in [3.8, 4) is 0 Å². The summed E-state index contributed by atoms with van der Waals surface area (Å²) in [6.45, 7) is 3.44. The molecule has 0 aliphatic heterocycles. The van der Waals surface area contributed by atoms with Gasteiger partial charge in [-0.05, 0) is 37.6 Å². The Labute approximate surface area is 97.7 Å². The molecule has 0 radical (unpaired) electrons. The molecule has 1 atom stereocenters. The minimum Gasteiger partial charge on any atom is -0.388 e. The minimum absolute atomic E-state index is 0.260. The summed E-state index contributed by atoms with van der Waals surface area (Å²) < 4.78 is 0. The van der Waals surface area contributed by atoms with Crippen LogP contribution in [0.1, 0.15) is 24.2 Å². The fourth-order valence-electron chi connectivity index (χ4n) is 1.66. The van der Waals surface area contributed by atoms with Gasteiger partial charge in [0, 0.05) is 21.5 Å². The van der Waals surface area contributed by atoms with E-state index in [1.54, 1.807) is 19.1 Å². The van der Waals surface area contributed by atoms with E-state index < -0.39 is 6.10 Å². The molecule has 2 N–H and O–H groups in total. The fraction of sp³-hybridized carbons (Fsp3) is 0.250. The van der Waals surface area contributed by atoms with Crippen LogP contribution in [0.5, 0.6) is 0 Å². The molecule has 2 aromatic rings. The molecule has 16 heavy (non-hydrogen) atoms. The number of pyridine rings is 1. The fourth-order valence-corrected chi connectivity index (χ4v) is 1.83. The van der Waals surface area contributed by atoms with Crippen molar-refractivity contribution in [2.45, 2.75) is 20.0 Å². The Hall–Kier alpha value is -1.32. The topological polar surface area (TPSA) is 53.1 Å². The van der Waals surface area contributed by atoms with Gasteiger partial charge in [-0.15, -0.1) is 0 Å². The lowest BCUT2D eigenvalue weighted by Crippen LogP contribution is -2.14. The quantitative estimate of drug-likeness (QED) is 0.801. The lowest BCUT2D eigenvalue weighted by Gasteiger charge is -2.07. The first-order valence-electron chi connectivity index (χ1n) is 5.00. The average molecular weight is 238 g/mol. The number of hydrogen-bond donors (Lipinski definition) is 2. The third-order valence-corrected chi connectivity index (χ3v) is 3.01. The summed E-state index contributed by atoms with van der Waals surface area (Å²) in [4.78, 5) is 14.4. The van der Waals surface area contributed by atoms with Gasteiger partial charge in [-0.1, -0.05) is 11.6 Å². The summed E-state index contributed by atoms with van der Waals surface area (Å²) in [7, 11) is 0. The van der Waals surface area contributed by atoms with Gasteiger partial charge < -0.3 is 10.1 Å². The Bertz CT molecular complexity index is 602. The summed E-state index contributed by atoms with van der Waals surface area (Å²) in [6, 6.07) is 5.28. The first-order valence-corrected chi connectivity index (χ1v) is 5.38. The molecule has 84 valence electrons. The number of aliphatic hydroxyl groups is 1. The van der Waals surface area contributed by atoms with Gasteiger partial charge in [0.2, 0.25) is 0 Å². The molecule has 0 saturated heterocycles. The van der Waals surface area contributed by atoms with Crippen LogP contribution >= 0.6 is 11.6 Å². The lowest BCUT2D eigenvalue weighted by atomic mass is 10.1. The molecule has 0 aliphatic rings. The van der Waals surface area contributed by atoms with Gasteiger partial charge in [-0.3, -0.25) is 4.79 Å². The second kappa shape index (κ2) is 3.92. The molecule has 1 unspecified atom stereocenters. The van der Waals surface area contributed by atoms with Crippen LogP contribution in [0, 0.1) is 6.92 Å². The predicted molar refractivity (Wildman–Crippen MR) is 64.9 cm³/mol. The highest BCUT2D eigenvalue weighted by atomic mass is 35.5. The van der Waals surface area contributed by atoms with Crippen LogP contribution < -0.4 is 5.56 Å². The van der Waals surface area contributed by atoms with Crippen LogP contribution in [0.3, 0.4) is 0 Å². The third kappa shape index (κ3) is 1.84. The smallest absolute Gasteiger partial charge is 0.254 e. The number of benzene rings is 1. The van der Waals surface area contributed by atoms with Gasteiger partial charge in [0.1, 0.15) is 0 Å². The first-order chi connectivity index (χ1) is 7.49. The van der Waals surface area contributed by atoms with Crippen LogP contribution in [-0.4, -0.2) is 10.1 Å². The van der Waals surface area contributed by atoms with Crippen molar-refractivity contribution in [3.63, 3.8) is 0 Å². The number of aryl methyl sites for hydroxylation is 1. The minimum atomic E-state index is -0.784. The van der Waals surface area contributed by atoms with E-state index in [0.717, 1.165) is 16.5 Å². The molecule has 2 rings (SSSR count). The maximum absolute atomic E-state index is 11.6. The SMILES string of the molecule is Cc1cc2[nH]c(=O)c(C(C)O)cc2cc1Cl. The maximum atomic E-state index is 11.6. The second-order valence-electron chi connectivity index (χ2n) is 3.92. The highest BCUT2D eigenvalue weighted by Gasteiger charge is 2.09. The molecule has 3 nitrogen and oxygen atoms in total. The van der Waals surface area contributed by atoms with Gasteiger partial charge in [0.25, 0.3) is 5.56 Å². The van der Waals surface area contributed by atoms with E-state index in [9.17, 15) is 9.90 Å². The largest absolute Gasteiger partial charge is 0.388 e. The molecule has 0 fully saturated rings. The maximum Gasteiger partial charge on any atom is 0.254 e. The highest BCUT2D eigenvalue weighted by Crippen LogP contribution is 2.22. The van der Waals surface area contributed by atoms with Crippen LogP contribution in [0.2, 0.25) is 5.02 Å². The highest BCUT2D eigenvalue weighted by molar-refractivity contribution is 6.32. The summed E-state index contributed by atoms with van der Waals surface area (Å²) >= 11 is 6.00. The number of fused-ring (bicyclic) bond motifs is 1. The van der Waals surface area contributed by atoms with Crippen LogP contribution in [0.25, 0.3) is 10.9 Å². The third-order valence-electron chi connectivity index (χ3n) is 2.60. The number of rotatable bonds is 1. The molecule has 0 aliphatic carbocycles. The molecule has 0 saturated carbocycles. The van der Waals surface area contributed by atoms with Gasteiger partial charge in [0.05, 0.1) is 6.10 Å². The molecule has 0 spiro atoms. The zero-order valence-electron chi connectivity index (χ0n) is 9.04. The summed E-state index contributed by atoms with van der Waals surface area (Å²) in [6.07, 6.45) is -0.784. The Morgan fingerprint density at radius 3 is 2.69 bits per heavy atom. The average Bonchev–Trinajstić information content (AvgIpc) is 2.19. The zero-order valence-corrected chi connectivity index (χ0v) is 9.80. The number of halogens is 1.